The second-order valence-electron chi connectivity index (χ2n) is 10.5. The van der Waals surface area contributed by atoms with Crippen LogP contribution in [0.5, 0.6) is 11.5 Å². The summed E-state index contributed by atoms with van der Waals surface area (Å²) < 4.78 is 11.5. The van der Waals surface area contributed by atoms with Gasteiger partial charge >= 0.3 is 0 Å². The first kappa shape index (κ1) is 31.0. The summed E-state index contributed by atoms with van der Waals surface area (Å²) in [5, 5.41) is 23.6. The predicted octanol–water partition coefficient (Wildman–Crippen LogP) is 7.42. The Morgan fingerprint density at radius 3 is 2.32 bits per heavy atom. The van der Waals surface area contributed by atoms with E-state index in [9.17, 15) is 25.0 Å². The molecule has 0 unspecified atom stereocenters. The topological polar surface area (TPSA) is 153 Å². The lowest BCUT2D eigenvalue weighted by Crippen LogP contribution is -2.31. The number of amides is 1. The van der Waals surface area contributed by atoms with Gasteiger partial charge in [0.25, 0.3) is 17.3 Å². The molecule has 0 spiro atoms. The third-order valence-electron chi connectivity index (χ3n) is 7.48. The van der Waals surface area contributed by atoms with Crippen LogP contribution in [0.1, 0.15) is 16.7 Å². The van der Waals surface area contributed by atoms with E-state index in [2.05, 4.69) is 4.98 Å². The van der Waals surface area contributed by atoms with Crippen molar-refractivity contribution in [2.75, 3.05) is 13.7 Å². The predicted molar refractivity (Wildman–Crippen MR) is 180 cm³/mol. The number of carbonyl (C=O) groups excluding carboxylic acids is 1. The van der Waals surface area contributed by atoms with Crippen LogP contribution in [0.15, 0.2) is 107 Å². The normalized spacial score (nSPS) is 14.7. The van der Waals surface area contributed by atoms with E-state index < -0.39 is 9.85 Å². The average molecular weight is 650 g/mol. The standard InChI is InChI=1S/C34H27N5O7S/c1-45-31-18-23(8-15-30(31)46-21-22-6-11-26(12-7-22)38(41)42)19-32-33(40)37(17-16-24-20-35-29-5-3-2-4-28(24)29)34(47-32)36-25-9-13-27(14-10-25)39(43)44/h2-15,18-20,35H,16-17,21H2,1H3/b32-19-,36-34?. The zero-order valence-electron chi connectivity index (χ0n) is 25.0. The Morgan fingerprint density at radius 1 is 0.915 bits per heavy atom. The summed E-state index contributed by atoms with van der Waals surface area (Å²) >= 11 is 1.22. The van der Waals surface area contributed by atoms with E-state index in [0.29, 0.717) is 45.8 Å². The highest BCUT2D eigenvalue weighted by Crippen LogP contribution is 2.37. The molecule has 1 fully saturated rings. The van der Waals surface area contributed by atoms with Crippen molar-refractivity contribution in [3.63, 3.8) is 0 Å². The monoisotopic (exact) mass is 649 g/mol. The number of para-hydroxylation sites is 1. The maximum Gasteiger partial charge on any atom is 0.269 e. The van der Waals surface area contributed by atoms with E-state index in [4.69, 9.17) is 14.5 Å². The number of ether oxygens (including phenoxy) is 2. The molecule has 1 saturated heterocycles. The van der Waals surface area contributed by atoms with Gasteiger partial charge < -0.3 is 14.5 Å². The van der Waals surface area contributed by atoms with Crippen LogP contribution in [-0.4, -0.2) is 44.5 Å². The Labute approximate surface area is 272 Å². The zero-order chi connectivity index (χ0) is 32.9. The van der Waals surface area contributed by atoms with Gasteiger partial charge in [0.2, 0.25) is 0 Å². The molecule has 1 aliphatic heterocycles. The second-order valence-corrected chi connectivity index (χ2v) is 11.5. The SMILES string of the molecule is COc1cc(/C=C2\SC(=Nc3ccc([N+](=O)[O-])cc3)N(CCc3c[nH]c4ccccc34)C2=O)ccc1OCc1ccc([N+](=O)[O-])cc1. The van der Waals surface area contributed by atoms with E-state index in [1.807, 2.05) is 30.5 Å². The first-order chi connectivity index (χ1) is 22.8. The lowest BCUT2D eigenvalue weighted by atomic mass is 10.1. The van der Waals surface area contributed by atoms with Gasteiger partial charge in [-0.25, -0.2) is 4.99 Å². The van der Waals surface area contributed by atoms with Crippen molar-refractivity contribution in [2.45, 2.75) is 13.0 Å². The van der Waals surface area contributed by atoms with E-state index in [1.165, 1.54) is 43.1 Å². The Kier molecular flexibility index (Phi) is 8.97. The number of nitrogens with zero attached hydrogens (tertiary/aromatic N) is 4. The molecule has 47 heavy (non-hydrogen) atoms. The van der Waals surface area contributed by atoms with E-state index in [1.54, 1.807) is 53.4 Å². The molecule has 2 heterocycles. The number of aromatic amines is 1. The number of carbonyl (C=O) groups is 1. The number of nitro groups is 2. The highest BCUT2D eigenvalue weighted by atomic mass is 32.2. The minimum Gasteiger partial charge on any atom is -0.493 e. The van der Waals surface area contributed by atoms with Crippen LogP contribution < -0.4 is 9.47 Å². The van der Waals surface area contributed by atoms with Gasteiger partial charge in [-0.2, -0.15) is 0 Å². The number of hydrogen-bond donors (Lipinski definition) is 1. The molecule has 0 saturated carbocycles. The number of aliphatic imine (C=N–C) groups is 1. The van der Waals surface area contributed by atoms with Crippen LogP contribution in [0.25, 0.3) is 17.0 Å². The molecule has 6 rings (SSSR count). The van der Waals surface area contributed by atoms with Gasteiger partial charge in [0.05, 0.1) is 27.5 Å². The van der Waals surface area contributed by atoms with Crippen LogP contribution in [-0.2, 0) is 17.8 Å². The summed E-state index contributed by atoms with van der Waals surface area (Å²) in [5.74, 6) is 0.708. The van der Waals surface area contributed by atoms with Crippen LogP contribution in [0.4, 0.5) is 17.1 Å². The minimum absolute atomic E-state index is 0.000487. The molecule has 0 aliphatic carbocycles. The number of hydrogen-bond acceptors (Lipinski definition) is 9. The molecule has 4 aromatic carbocycles. The maximum absolute atomic E-state index is 13.8. The van der Waals surface area contributed by atoms with Gasteiger partial charge in [0.15, 0.2) is 16.7 Å². The minimum atomic E-state index is -0.473. The van der Waals surface area contributed by atoms with Crippen molar-refractivity contribution in [3.8, 4) is 11.5 Å². The highest BCUT2D eigenvalue weighted by molar-refractivity contribution is 8.18. The fourth-order valence-corrected chi connectivity index (χ4v) is 6.06. The van der Waals surface area contributed by atoms with E-state index >= 15 is 0 Å². The first-order valence-electron chi connectivity index (χ1n) is 14.4. The number of fused-ring (bicyclic) bond motifs is 1. The summed E-state index contributed by atoms with van der Waals surface area (Å²) in [4.78, 5) is 44.9. The summed E-state index contributed by atoms with van der Waals surface area (Å²) in [7, 11) is 1.52. The fraction of sp³-hybridized carbons (Fsp3) is 0.118. The molecule has 12 nitrogen and oxygen atoms in total. The largest absolute Gasteiger partial charge is 0.493 e. The van der Waals surface area contributed by atoms with Crippen molar-refractivity contribution >= 4 is 56.9 Å². The Hall–Kier alpha value is -5.95. The summed E-state index contributed by atoms with van der Waals surface area (Å²) in [6.45, 7) is 0.548. The summed E-state index contributed by atoms with van der Waals surface area (Å²) in [6, 6.07) is 25.2. The zero-order valence-corrected chi connectivity index (χ0v) is 25.8. The molecule has 236 valence electrons. The average Bonchev–Trinajstić information content (AvgIpc) is 3.62. The number of rotatable bonds is 11. The highest BCUT2D eigenvalue weighted by Gasteiger charge is 2.33. The van der Waals surface area contributed by atoms with Gasteiger partial charge in [0.1, 0.15) is 6.61 Å². The van der Waals surface area contributed by atoms with Crippen LogP contribution >= 0.6 is 11.8 Å². The Balaban J connectivity index is 1.24. The number of non-ortho nitro benzene ring substituents is 2. The van der Waals surface area contributed by atoms with Crippen molar-refractivity contribution in [1.29, 1.82) is 0 Å². The van der Waals surface area contributed by atoms with Gasteiger partial charge in [0, 0.05) is 47.9 Å². The molecule has 1 N–H and O–H groups in total. The number of amidine groups is 1. The second kappa shape index (κ2) is 13.6. The summed E-state index contributed by atoms with van der Waals surface area (Å²) in [5.41, 5.74) is 3.98. The Bertz CT molecular complexity index is 2040. The molecule has 0 atom stereocenters. The van der Waals surface area contributed by atoms with E-state index in [0.717, 1.165) is 22.0 Å². The van der Waals surface area contributed by atoms with Crippen molar-refractivity contribution < 1.29 is 24.1 Å². The van der Waals surface area contributed by atoms with Crippen molar-refractivity contribution in [3.05, 3.63) is 139 Å². The first-order valence-corrected chi connectivity index (χ1v) is 15.2. The molecule has 5 aromatic rings. The quantitative estimate of drug-likeness (QED) is 0.0881. The smallest absolute Gasteiger partial charge is 0.269 e. The number of benzene rings is 4. The number of nitrogens with one attached hydrogen (secondary N) is 1. The third kappa shape index (κ3) is 6.99. The number of aromatic nitrogens is 1. The lowest BCUT2D eigenvalue weighted by Gasteiger charge is -2.15. The van der Waals surface area contributed by atoms with E-state index in [-0.39, 0.29) is 23.9 Å². The van der Waals surface area contributed by atoms with Crippen LogP contribution in [0.2, 0.25) is 0 Å². The summed E-state index contributed by atoms with van der Waals surface area (Å²) in [6.07, 6.45) is 4.28. The fourth-order valence-electron chi connectivity index (χ4n) is 5.04. The van der Waals surface area contributed by atoms with Gasteiger partial charge in [-0.1, -0.05) is 24.3 Å². The molecule has 13 heteroatoms. The maximum atomic E-state index is 13.8. The number of H-pyrrole nitrogens is 1. The molecule has 0 bridgehead atoms. The molecule has 1 amide bonds. The molecule has 1 aromatic heterocycles. The molecular formula is C34H27N5O7S. The van der Waals surface area contributed by atoms with Crippen LogP contribution in [0, 0.1) is 20.2 Å². The Morgan fingerprint density at radius 2 is 1.62 bits per heavy atom. The lowest BCUT2D eigenvalue weighted by molar-refractivity contribution is -0.385. The third-order valence-corrected chi connectivity index (χ3v) is 8.49. The number of thioether (sulfide) groups is 1. The number of methoxy groups -OCH3 is 1. The van der Waals surface area contributed by atoms with Crippen molar-refractivity contribution in [1.82, 2.24) is 9.88 Å². The van der Waals surface area contributed by atoms with Gasteiger partial charge in [-0.05, 0) is 83.4 Å². The van der Waals surface area contributed by atoms with Crippen molar-refractivity contribution in [2.24, 2.45) is 4.99 Å². The number of nitro benzene ring substituents is 2. The molecule has 0 radical (unpaired) electrons. The molecule has 1 aliphatic rings. The van der Waals surface area contributed by atoms with Gasteiger partial charge in [-0.3, -0.25) is 29.9 Å². The van der Waals surface area contributed by atoms with Crippen LogP contribution in [0.3, 0.4) is 0 Å². The molecular weight excluding hydrogens is 622 g/mol. The van der Waals surface area contributed by atoms with Gasteiger partial charge in [-0.15, -0.1) is 0 Å².